The van der Waals surface area contributed by atoms with Crippen LogP contribution in [-0.2, 0) is 0 Å². The van der Waals surface area contributed by atoms with Crippen LogP contribution in [0.4, 0.5) is 5.69 Å². The third-order valence-corrected chi connectivity index (χ3v) is 6.83. The van der Waals surface area contributed by atoms with Crippen LogP contribution in [0.5, 0.6) is 11.5 Å². The summed E-state index contributed by atoms with van der Waals surface area (Å²) in [5.41, 5.74) is 1.79. The minimum absolute atomic E-state index is 0.176. The van der Waals surface area contributed by atoms with Crippen molar-refractivity contribution < 1.29 is 13.9 Å². The molecule has 4 heterocycles. The van der Waals surface area contributed by atoms with E-state index < -0.39 is 0 Å². The first-order chi connectivity index (χ1) is 16.3. The van der Waals surface area contributed by atoms with Gasteiger partial charge in [-0.15, -0.1) is 0 Å². The maximum absolute atomic E-state index is 6.35. The number of benzene rings is 2. The Morgan fingerprint density at radius 2 is 1.79 bits per heavy atom. The second-order valence-corrected chi connectivity index (χ2v) is 9.07. The summed E-state index contributed by atoms with van der Waals surface area (Å²) in [7, 11) is 0. The molecular formula is C25H19N3O3S2. The summed E-state index contributed by atoms with van der Waals surface area (Å²) in [5, 5.41) is 4.87. The zero-order chi connectivity index (χ0) is 22.2. The van der Waals surface area contributed by atoms with Gasteiger partial charge in [-0.3, -0.25) is 4.98 Å². The highest BCUT2D eigenvalue weighted by atomic mass is 32.2. The molecule has 1 saturated heterocycles. The number of nitrogens with zero attached hydrogens (tertiary/aromatic N) is 2. The van der Waals surface area contributed by atoms with Gasteiger partial charge in [-0.05, 0) is 60.7 Å². The first kappa shape index (κ1) is 20.1. The molecule has 2 aliphatic heterocycles. The van der Waals surface area contributed by atoms with E-state index in [-0.39, 0.29) is 18.9 Å². The van der Waals surface area contributed by atoms with Crippen molar-refractivity contribution in [1.29, 1.82) is 0 Å². The third-order valence-electron chi connectivity index (χ3n) is 5.59. The van der Waals surface area contributed by atoms with E-state index in [1.807, 2.05) is 66.7 Å². The van der Waals surface area contributed by atoms with Gasteiger partial charge in [0, 0.05) is 22.8 Å². The standard InChI is InChI=1S/C25H19N3O3S2/c32-25-27-23(18-8-4-5-13-26-18)24(28(25)16-9-10-19-21(14-16)30-15-29-19)20-11-12-22(31-20)33-17-6-2-1-3-7-17/h1-14,23-24H,15H2,(H,27,32)/t23-,24+/m1/s1. The number of fused-ring (bicyclic) bond motifs is 1. The van der Waals surface area contributed by atoms with Crippen molar-refractivity contribution >= 4 is 34.8 Å². The molecule has 6 rings (SSSR count). The molecular weight excluding hydrogens is 454 g/mol. The maximum Gasteiger partial charge on any atom is 0.231 e. The molecule has 164 valence electrons. The minimum atomic E-state index is -0.224. The molecule has 1 N–H and O–H groups in total. The molecule has 2 atom stereocenters. The van der Waals surface area contributed by atoms with Crippen molar-refractivity contribution in [2.75, 3.05) is 11.7 Å². The molecule has 0 bridgehead atoms. The van der Waals surface area contributed by atoms with Gasteiger partial charge in [0.05, 0.1) is 11.7 Å². The Bertz CT molecular complexity index is 1300. The second kappa shape index (κ2) is 8.46. The number of hydrogen-bond donors (Lipinski definition) is 1. The number of anilines is 1. The lowest BCUT2D eigenvalue weighted by molar-refractivity contribution is 0.174. The average Bonchev–Trinajstić information content (AvgIpc) is 3.58. The zero-order valence-electron chi connectivity index (χ0n) is 17.4. The van der Waals surface area contributed by atoms with Crippen molar-refractivity contribution in [3.05, 3.63) is 96.5 Å². The Kier molecular flexibility index (Phi) is 5.16. The maximum atomic E-state index is 6.35. The Morgan fingerprint density at radius 3 is 2.64 bits per heavy atom. The number of rotatable bonds is 5. The molecule has 0 aliphatic carbocycles. The van der Waals surface area contributed by atoms with Crippen molar-refractivity contribution in [2.45, 2.75) is 22.1 Å². The van der Waals surface area contributed by atoms with Crippen LogP contribution in [0, 0.1) is 0 Å². The van der Waals surface area contributed by atoms with Crippen LogP contribution in [0.3, 0.4) is 0 Å². The van der Waals surface area contributed by atoms with Crippen LogP contribution in [0.25, 0.3) is 0 Å². The van der Waals surface area contributed by atoms with Crippen LogP contribution in [-0.4, -0.2) is 16.9 Å². The molecule has 8 heteroatoms. The fourth-order valence-corrected chi connectivity index (χ4v) is 5.26. The van der Waals surface area contributed by atoms with E-state index in [0.717, 1.165) is 32.9 Å². The van der Waals surface area contributed by atoms with Gasteiger partial charge in [-0.2, -0.15) is 0 Å². The van der Waals surface area contributed by atoms with E-state index in [4.69, 9.17) is 26.1 Å². The molecule has 4 aromatic rings. The first-order valence-corrected chi connectivity index (χ1v) is 11.7. The quantitative estimate of drug-likeness (QED) is 0.369. The average molecular weight is 474 g/mol. The van der Waals surface area contributed by atoms with Gasteiger partial charge >= 0.3 is 0 Å². The largest absolute Gasteiger partial charge is 0.454 e. The Balaban J connectivity index is 1.39. The van der Waals surface area contributed by atoms with Gasteiger partial charge in [0.2, 0.25) is 6.79 Å². The summed E-state index contributed by atoms with van der Waals surface area (Å²) < 4.78 is 17.4. The minimum Gasteiger partial charge on any atom is -0.454 e. The highest BCUT2D eigenvalue weighted by Crippen LogP contribution is 2.45. The summed E-state index contributed by atoms with van der Waals surface area (Å²) in [6.07, 6.45) is 1.79. The summed E-state index contributed by atoms with van der Waals surface area (Å²) >= 11 is 7.37. The van der Waals surface area contributed by atoms with E-state index in [1.54, 1.807) is 18.0 Å². The number of thiocarbonyl (C=S) groups is 1. The second-order valence-electron chi connectivity index (χ2n) is 7.61. The monoisotopic (exact) mass is 473 g/mol. The number of pyridine rings is 1. The smallest absolute Gasteiger partial charge is 0.231 e. The molecule has 2 aliphatic rings. The lowest BCUT2D eigenvalue weighted by Gasteiger charge is -2.26. The number of furan rings is 1. The van der Waals surface area contributed by atoms with Crippen LogP contribution in [0.15, 0.2) is 99.5 Å². The van der Waals surface area contributed by atoms with Crippen LogP contribution in [0.2, 0.25) is 0 Å². The predicted octanol–water partition coefficient (Wildman–Crippen LogP) is 5.73. The topological polar surface area (TPSA) is 59.8 Å². The number of hydrogen-bond acceptors (Lipinski definition) is 6. The fraction of sp³-hybridized carbons (Fsp3) is 0.120. The highest BCUT2D eigenvalue weighted by Gasteiger charge is 2.43. The van der Waals surface area contributed by atoms with E-state index in [2.05, 4.69) is 27.3 Å². The fourth-order valence-electron chi connectivity index (χ4n) is 4.11. The first-order valence-electron chi connectivity index (χ1n) is 10.5. The van der Waals surface area contributed by atoms with E-state index in [9.17, 15) is 0 Å². The summed E-state index contributed by atoms with van der Waals surface area (Å²) in [4.78, 5) is 7.77. The molecule has 1 fully saturated rings. The van der Waals surface area contributed by atoms with Crippen LogP contribution >= 0.6 is 24.0 Å². The SMILES string of the molecule is S=C1N[C@H](c2ccccn2)[C@H](c2ccc(Sc3ccccc3)o2)N1c1ccc2c(c1)OCO2. The van der Waals surface area contributed by atoms with Gasteiger partial charge in [0.15, 0.2) is 21.7 Å². The summed E-state index contributed by atoms with van der Waals surface area (Å²) in [5.74, 6) is 2.23. The molecule has 2 aromatic carbocycles. The number of nitrogens with one attached hydrogen (secondary N) is 1. The summed E-state index contributed by atoms with van der Waals surface area (Å²) in [6, 6.07) is 25.5. The van der Waals surface area contributed by atoms with Crippen LogP contribution in [0.1, 0.15) is 23.5 Å². The third kappa shape index (κ3) is 3.81. The normalized spacial score (nSPS) is 19.0. The lowest BCUT2D eigenvalue weighted by atomic mass is 10.0. The Morgan fingerprint density at radius 1 is 0.939 bits per heavy atom. The van der Waals surface area contributed by atoms with E-state index in [0.29, 0.717) is 10.9 Å². The van der Waals surface area contributed by atoms with Gasteiger partial charge < -0.3 is 24.1 Å². The molecule has 0 unspecified atom stereocenters. The van der Waals surface area contributed by atoms with Crippen molar-refractivity contribution in [2.24, 2.45) is 0 Å². The van der Waals surface area contributed by atoms with Crippen molar-refractivity contribution in [3.8, 4) is 11.5 Å². The lowest BCUT2D eigenvalue weighted by Crippen LogP contribution is -2.29. The molecule has 0 saturated carbocycles. The molecule has 0 amide bonds. The van der Waals surface area contributed by atoms with Gasteiger partial charge in [0.1, 0.15) is 11.8 Å². The van der Waals surface area contributed by atoms with Gasteiger partial charge in [-0.25, -0.2) is 0 Å². The number of ether oxygens (including phenoxy) is 2. The van der Waals surface area contributed by atoms with E-state index in [1.165, 1.54) is 0 Å². The molecule has 33 heavy (non-hydrogen) atoms. The van der Waals surface area contributed by atoms with E-state index >= 15 is 0 Å². The Labute approximate surface area is 200 Å². The van der Waals surface area contributed by atoms with Crippen molar-refractivity contribution in [1.82, 2.24) is 10.3 Å². The predicted molar refractivity (Wildman–Crippen MR) is 130 cm³/mol. The van der Waals surface area contributed by atoms with Crippen molar-refractivity contribution in [3.63, 3.8) is 0 Å². The summed E-state index contributed by atoms with van der Waals surface area (Å²) in [6.45, 7) is 0.222. The molecule has 2 aromatic heterocycles. The molecule has 6 nitrogen and oxygen atoms in total. The number of aromatic nitrogens is 1. The Hall–Kier alpha value is -3.49. The van der Waals surface area contributed by atoms with Crippen LogP contribution < -0.4 is 19.7 Å². The zero-order valence-corrected chi connectivity index (χ0v) is 19.0. The van der Waals surface area contributed by atoms with Gasteiger partial charge in [-0.1, -0.05) is 36.0 Å². The van der Waals surface area contributed by atoms with Gasteiger partial charge in [0.25, 0.3) is 0 Å². The highest BCUT2D eigenvalue weighted by molar-refractivity contribution is 7.99. The molecule has 0 spiro atoms. The molecule has 0 radical (unpaired) electrons.